The van der Waals surface area contributed by atoms with E-state index >= 15 is 0 Å². The fraction of sp³-hybridized carbons (Fsp3) is 0.303. The lowest BCUT2D eigenvalue weighted by Gasteiger charge is -2.25. The van der Waals surface area contributed by atoms with E-state index in [0.29, 0.717) is 24.2 Å². The summed E-state index contributed by atoms with van der Waals surface area (Å²) in [5.74, 6) is -0.252. The summed E-state index contributed by atoms with van der Waals surface area (Å²) < 4.78 is 27.3. The highest BCUT2D eigenvalue weighted by molar-refractivity contribution is 5.99. The van der Waals surface area contributed by atoms with E-state index in [1.807, 2.05) is 47.2 Å². The molecule has 42 heavy (non-hydrogen) atoms. The number of hydrogen-bond acceptors (Lipinski definition) is 5. The zero-order valence-corrected chi connectivity index (χ0v) is 24.0. The maximum Gasteiger partial charge on any atom is 0.257 e. The highest BCUT2D eigenvalue weighted by atomic mass is 19.1. The van der Waals surface area contributed by atoms with E-state index in [4.69, 9.17) is 14.5 Å². The molecule has 1 N–H and O–H groups in total. The van der Waals surface area contributed by atoms with Gasteiger partial charge in [-0.2, -0.15) is 0 Å². The van der Waals surface area contributed by atoms with E-state index in [0.717, 1.165) is 29.8 Å². The van der Waals surface area contributed by atoms with Crippen molar-refractivity contribution in [2.45, 2.75) is 38.7 Å². The zero-order chi connectivity index (χ0) is 29.6. The summed E-state index contributed by atoms with van der Waals surface area (Å²) in [5, 5.41) is 2.90. The highest BCUT2D eigenvalue weighted by Crippen LogP contribution is 2.27. The Morgan fingerprint density at radius 3 is 2.48 bits per heavy atom. The summed E-state index contributed by atoms with van der Waals surface area (Å²) in [4.78, 5) is 32.9. The first-order chi connectivity index (χ1) is 20.3. The van der Waals surface area contributed by atoms with E-state index in [1.54, 1.807) is 13.2 Å². The van der Waals surface area contributed by atoms with Gasteiger partial charge >= 0.3 is 0 Å². The number of carbonyl (C=O) groups excluding carboxylic acids is 2. The lowest BCUT2D eigenvalue weighted by molar-refractivity contribution is -0.117. The van der Waals surface area contributed by atoms with Gasteiger partial charge in [0.05, 0.1) is 24.5 Å². The van der Waals surface area contributed by atoms with Crippen molar-refractivity contribution in [2.75, 3.05) is 32.1 Å². The first kappa shape index (κ1) is 29.0. The van der Waals surface area contributed by atoms with E-state index in [1.165, 1.54) is 28.7 Å². The van der Waals surface area contributed by atoms with Crippen LogP contribution in [0, 0.1) is 5.82 Å². The molecule has 0 radical (unpaired) electrons. The number of aromatic nitrogens is 2. The minimum atomic E-state index is -0.634. The van der Waals surface area contributed by atoms with Crippen LogP contribution in [-0.4, -0.2) is 59.2 Å². The highest BCUT2D eigenvalue weighted by Gasteiger charge is 2.27. The van der Waals surface area contributed by atoms with Crippen LogP contribution >= 0.6 is 0 Å². The van der Waals surface area contributed by atoms with Crippen LogP contribution in [0.25, 0.3) is 16.9 Å². The molecule has 5 rings (SSSR count). The normalized spacial score (nSPS) is 14.6. The molecule has 0 saturated carbocycles. The number of nitrogens with one attached hydrogen (secondary N) is 1. The minimum absolute atomic E-state index is 0.0863. The molecule has 1 aliphatic rings. The SMILES string of the molecule is COc1ccc(-c2cn(-c3ccc(C(C)C)cc3)c(NC(=O)CN(CC3CCCO3)C(=O)c3ccccc3F)n2)cc1. The van der Waals surface area contributed by atoms with E-state index < -0.39 is 17.6 Å². The van der Waals surface area contributed by atoms with Crippen LogP contribution in [0.5, 0.6) is 5.75 Å². The number of rotatable bonds is 10. The van der Waals surface area contributed by atoms with Gasteiger partial charge in [0.1, 0.15) is 18.1 Å². The topological polar surface area (TPSA) is 85.7 Å². The van der Waals surface area contributed by atoms with Crippen LogP contribution in [-0.2, 0) is 9.53 Å². The molecule has 2 amide bonds. The Hall–Kier alpha value is -4.50. The number of hydrogen-bond donors (Lipinski definition) is 1. The van der Waals surface area contributed by atoms with Crippen molar-refractivity contribution < 1.29 is 23.5 Å². The minimum Gasteiger partial charge on any atom is -0.497 e. The van der Waals surface area contributed by atoms with Crippen LogP contribution in [0.4, 0.5) is 10.3 Å². The quantitative estimate of drug-likeness (QED) is 0.250. The second-order valence-electron chi connectivity index (χ2n) is 10.6. The van der Waals surface area contributed by atoms with Crippen molar-refractivity contribution in [3.63, 3.8) is 0 Å². The summed E-state index contributed by atoms with van der Waals surface area (Å²) in [6.45, 7) is 4.75. The number of nitrogens with zero attached hydrogens (tertiary/aromatic N) is 3. The average Bonchev–Trinajstić information content (AvgIpc) is 3.67. The Balaban J connectivity index is 1.43. The molecule has 3 aromatic carbocycles. The first-order valence-electron chi connectivity index (χ1n) is 14.1. The average molecular weight is 571 g/mol. The summed E-state index contributed by atoms with van der Waals surface area (Å²) in [5.41, 5.74) is 3.42. The predicted molar refractivity (Wildman–Crippen MR) is 160 cm³/mol. The van der Waals surface area contributed by atoms with Gasteiger partial charge in [0, 0.05) is 30.6 Å². The van der Waals surface area contributed by atoms with Crippen LogP contribution in [0.15, 0.2) is 79.0 Å². The van der Waals surface area contributed by atoms with E-state index in [2.05, 4.69) is 31.3 Å². The Labute approximate surface area is 245 Å². The second-order valence-corrected chi connectivity index (χ2v) is 10.6. The smallest absolute Gasteiger partial charge is 0.257 e. The van der Waals surface area contributed by atoms with Gasteiger partial charge in [-0.1, -0.05) is 38.1 Å². The lowest BCUT2D eigenvalue weighted by Crippen LogP contribution is -2.42. The summed E-state index contributed by atoms with van der Waals surface area (Å²) in [6, 6.07) is 21.3. The van der Waals surface area contributed by atoms with Gasteiger partial charge in [-0.15, -0.1) is 0 Å². The van der Waals surface area contributed by atoms with Crippen molar-refractivity contribution in [3.05, 3.63) is 95.9 Å². The van der Waals surface area contributed by atoms with Crippen molar-refractivity contribution in [1.29, 1.82) is 0 Å². The first-order valence-corrected chi connectivity index (χ1v) is 14.1. The number of anilines is 1. The molecule has 1 aromatic heterocycles. The Bertz CT molecular complexity index is 1530. The van der Waals surface area contributed by atoms with Crippen LogP contribution in [0.1, 0.15) is 48.5 Å². The molecule has 1 atom stereocenters. The fourth-order valence-corrected chi connectivity index (χ4v) is 4.98. The van der Waals surface area contributed by atoms with Gasteiger partial charge < -0.3 is 14.4 Å². The van der Waals surface area contributed by atoms with Gasteiger partial charge in [-0.3, -0.25) is 19.5 Å². The number of ether oxygens (including phenoxy) is 2. The molecule has 1 saturated heterocycles. The molecule has 1 fully saturated rings. The Morgan fingerprint density at radius 2 is 1.83 bits per heavy atom. The van der Waals surface area contributed by atoms with Crippen LogP contribution < -0.4 is 10.1 Å². The van der Waals surface area contributed by atoms with Crippen molar-refractivity contribution in [3.8, 4) is 22.7 Å². The Morgan fingerprint density at radius 1 is 1.10 bits per heavy atom. The molecule has 1 unspecified atom stereocenters. The number of benzene rings is 3. The number of imidazole rings is 1. The number of halogens is 1. The van der Waals surface area contributed by atoms with Gasteiger partial charge in [-0.25, -0.2) is 9.37 Å². The molecule has 9 heteroatoms. The number of methoxy groups -OCH3 is 1. The molecular formula is C33H35FN4O4. The molecule has 2 heterocycles. The van der Waals surface area contributed by atoms with Gasteiger partial charge in [0.15, 0.2) is 0 Å². The van der Waals surface area contributed by atoms with Gasteiger partial charge in [0.2, 0.25) is 11.9 Å². The third-order valence-electron chi connectivity index (χ3n) is 7.35. The van der Waals surface area contributed by atoms with E-state index in [9.17, 15) is 14.0 Å². The fourth-order valence-electron chi connectivity index (χ4n) is 4.98. The van der Waals surface area contributed by atoms with Crippen molar-refractivity contribution >= 4 is 17.8 Å². The molecule has 0 spiro atoms. The molecular weight excluding hydrogens is 535 g/mol. The molecule has 0 aliphatic carbocycles. The maximum atomic E-state index is 14.5. The zero-order valence-electron chi connectivity index (χ0n) is 24.0. The monoisotopic (exact) mass is 570 g/mol. The van der Waals surface area contributed by atoms with E-state index in [-0.39, 0.29) is 24.8 Å². The van der Waals surface area contributed by atoms with Gasteiger partial charge in [-0.05, 0) is 72.9 Å². The third-order valence-corrected chi connectivity index (χ3v) is 7.35. The second kappa shape index (κ2) is 13.0. The van der Waals surface area contributed by atoms with Crippen LogP contribution in [0.2, 0.25) is 0 Å². The van der Waals surface area contributed by atoms with Crippen LogP contribution in [0.3, 0.4) is 0 Å². The molecule has 0 bridgehead atoms. The largest absolute Gasteiger partial charge is 0.497 e. The third kappa shape index (κ3) is 6.69. The molecule has 8 nitrogen and oxygen atoms in total. The van der Waals surface area contributed by atoms with Crippen molar-refractivity contribution in [2.24, 2.45) is 0 Å². The van der Waals surface area contributed by atoms with Crippen molar-refractivity contribution in [1.82, 2.24) is 14.5 Å². The maximum absolute atomic E-state index is 14.5. The summed E-state index contributed by atoms with van der Waals surface area (Å²) in [6.07, 6.45) is 3.29. The standard InChI is InChI=1S/C33H35FN4O4/c1-22(2)23-10-14-25(15-11-23)38-20-30(24-12-16-26(41-3)17-13-24)35-33(38)36-31(39)21-37(19-27-7-6-18-42-27)32(40)28-8-4-5-9-29(28)34/h4-5,8-17,20,22,27H,6-7,18-19,21H2,1-3H3,(H,35,36,39). The van der Waals surface area contributed by atoms with Gasteiger partial charge in [0.25, 0.3) is 5.91 Å². The lowest BCUT2D eigenvalue weighted by atomic mass is 10.0. The Kier molecular flexibility index (Phi) is 8.97. The molecule has 4 aromatic rings. The number of amides is 2. The summed E-state index contributed by atoms with van der Waals surface area (Å²) >= 11 is 0. The molecule has 218 valence electrons. The summed E-state index contributed by atoms with van der Waals surface area (Å²) in [7, 11) is 1.61. The number of carbonyl (C=O) groups is 2. The molecule has 1 aliphatic heterocycles. The predicted octanol–water partition coefficient (Wildman–Crippen LogP) is 6.07.